The zero-order chi connectivity index (χ0) is 13.9. The Labute approximate surface area is 102 Å². The fraction of sp³-hybridized carbons (Fsp3) is 0.455. The summed E-state index contributed by atoms with van der Waals surface area (Å²) in [5, 5.41) is 0. The molecule has 0 saturated carbocycles. The molecule has 100 valence electrons. The number of hydrogen-bond donors (Lipinski definition) is 0. The molecule has 0 spiro atoms. The highest BCUT2D eigenvalue weighted by Gasteiger charge is 2.47. The average molecular weight is 261 g/mol. The van der Waals surface area contributed by atoms with Crippen LogP contribution in [0.4, 0.5) is 8.78 Å². The van der Waals surface area contributed by atoms with Crippen LogP contribution >= 0.6 is 0 Å². The highest BCUT2D eigenvalue weighted by atomic mass is 19.3. The SMILES string of the molecule is CCOC(=O)C(F)(F)c1c(OC)ccn(C)c1=O. The summed E-state index contributed by atoms with van der Waals surface area (Å²) in [7, 11) is 2.44. The number of pyridine rings is 1. The molecule has 1 aromatic rings. The number of hydrogen-bond acceptors (Lipinski definition) is 4. The number of aromatic nitrogens is 1. The van der Waals surface area contributed by atoms with Gasteiger partial charge in [-0.1, -0.05) is 0 Å². The second-order valence-electron chi connectivity index (χ2n) is 3.47. The fourth-order valence-corrected chi connectivity index (χ4v) is 1.40. The summed E-state index contributed by atoms with van der Waals surface area (Å²) in [6.45, 7) is 1.19. The lowest BCUT2D eigenvalue weighted by Gasteiger charge is -2.17. The zero-order valence-electron chi connectivity index (χ0n) is 10.2. The molecular formula is C11H13F2NO4. The summed E-state index contributed by atoms with van der Waals surface area (Å²) in [4.78, 5) is 22.9. The number of ether oxygens (including phenoxy) is 2. The molecule has 0 aliphatic carbocycles. The van der Waals surface area contributed by atoms with Crippen molar-refractivity contribution in [3.63, 3.8) is 0 Å². The third-order valence-electron chi connectivity index (χ3n) is 2.30. The van der Waals surface area contributed by atoms with Gasteiger partial charge in [-0.2, -0.15) is 8.78 Å². The first-order valence-corrected chi connectivity index (χ1v) is 5.15. The lowest BCUT2D eigenvalue weighted by molar-refractivity contribution is -0.173. The number of carbonyl (C=O) groups excluding carboxylic acids is 1. The van der Waals surface area contributed by atoms with Crippen molar-refractivity contribution in [2.75, 3.05) is 13.7 Å². The van der Waals surface area contributed by atoms with Crippen LogP contribution in [0.25, 0.3) is 0 Å². The molecule has 0 bridgehead atoms. The highest BCUT2D eigenvalue weighted by Crippen LogP contribution is 2.33. The molecule has 5 nitrogen and oxygen atoms in total. The number of methoxy groups -OCH3 is 1. The van der Waals surface area contributed by atoms with Crippen LogP contribution in [0.2, 0.25) is 0 Å². The summed E-state index contributed by atoms with van der Waals surface area (Å²) in [6.07, 6.45) is 1.27. The van der Waals surface area contributed by atoms with Gasteiger partial charge in [-0.05, 0) is 13.0 Å². The fourth-order valence-electron chi connectivity index (χ4n) is 1.40. The minimum atomic E-state index is -4.04. The molecule has 18 heavy (non-hydrogen) atoms. The van der Waals surface area contributed by atoms with Crippen LogP contribution in [0.5, 0.6) is 5.75 Å². The third kappa shape index (κ3) is 2.34. The van der Waals surface area contributed by atoms with Gasteiger partial charge in [0.2, 0.25) is 0 Å². The minimum absolute atomic E-state index is 0.204. The van der Waals surface area contributed by atoms with Crippen LogP contribution in [0, 0.1) is 0 Å². The molecule has 0 aromatic carbocycles. The topological polar surface area (TPSA) is 57.5 Å². The molecule has 0 amide bonds. The van der Waals surface area contributed by atoms with Gasteiger partial charge < -0.3 is 14.0 Å². The predicted octanol–water partition coefficient (Wildman–Crippen LogP) is 1.05. The maximum Gasteiger partial charge on any atom is 0.382 e. The highest BCUT2D eigenvalue weighted by molar-refractivity contribution is 5.80. The molecule has 0 aliphatic heterocycles. The van der Waals surface area contributed by atoms with Crippen molar-refractivity contribution in [3.05, 3.63) is 28.2 Å². The normalized spacial score (nSPS) is 11.2. The number of nitrogens with zero attached hydrogens (tertiary/aromatic N) is 1. The second kappa shape index (κ2) is 5.16. The molecular weight excluding hydrogens is 248 g/mol. The third-order valence-corrected chi connectivity index (χ3v) is 2.30. The quantitative estimate of drug-likeness (QED) is 0.760. The van der Waals surface area contributed by atoms with Gasteiger partial charge in [-0.15, -0.1) is 0 Å². The Morgan fingerprint density at radius 2 is 2.11 bits per heavy atom. The molecule has 0 atom stereocenters. The number of alkyl halides is 2. The van der Waals surface area contributed by atoms with E-state index in [1.807, 2.05) is 0 Å². The van der Waals surface area contributed by atoms with Gasteiger partial charge in [0, 0.05) is 13.2 Å². The number of rotatable bonds is 4. The van der Waals surface area contributed by atoms with Crippen LogP contribution in [0.15, 0.2) is 17.1 Å². The standard InChI is InChI=1S/C11H13F2NO4/c1-4-18-10(16)11(12,13)8-7(17-3)5-6-14(2)9(8)15/h5-6H,4H2,1-3H3. The molecule has 0 saturated heterocycles. The van der Waals surface area contributed by atoms with Crippen molar-refractivity contribution in [2.45, 2.75) is 12.8 Å². The zero-order valence-corrected chi connectivity index (χ0v) is 10.2. The Hall–Kier alpha value is -1.92. The largest absolute Gasteiger partial charge is 0.496 e. The monoisotopic (exact) mass is 261 g/mol. The average Bonchev–Trinajstić information content (AvgIpc) is 2.32. The van der Waals surface area contributed by atoms with E-state index in [4.69, 9.17) is 4.74 Å². The molecule has 1 rings (SSSR count). The number of halogens is 2. The van der Waals surface area contributed by atoms with E-state index in [1.165, 1.54) is 26.2 Å². The molecule has 0 N–H and O–H groups in total. The first kappa shape index (κ1) is 14.1. The molecule has 0 aliphatic rings. The Balaban J connectivity index is 3.43. The van der Waals surface area contributed by atoms with Gasteiger partial charge in [0.05, 0.1) is 13.7 Å². The van der Waals surface area contributed by atoms with Crippen molar-refractivity contribution in [1.29, 1.82) is 0 Å². The molecule has 1 aromatic heterocycles. The van der Waals surface area contributed by atoms with Crippen LogP contribution < -0.4 is 10.3 Å². The van der Waals surface area contributed by atoms with Gasteiger partial charge in [0.15, 0.2) is 0 Å². The maximum atomic E-state index is 13.9. The lowest BCUT2D eigenvalue weighted by atomic mass is 10.1. The van der Waals surface area contributed by atoms with Gasteiger partial charge in [-0.3, -0.25) is 4.79 Å². The van der Waals surface area contributed by atoms with Gasteiger partial charge in [0.25, 0.3) is 5.56 Å². The summed E-state index contributed by atoms with van der Waals surface area (Å²) in [5.74, 6) is -6.17. The molecule has 7 heteroatoms. The summed E-state index contributed by atoms with van der Waals surface area (Å²) < 4.78 is 37.6. The van der Waals surface area contributed by atoms with Crippen molar-refractivity contribution in [3.8, 4) is 5.75 Å². The van der Waals surface area contributed by atoms with E-state index in [9.17, 15) is 18.4 Å². The second-order valence-corrected chi connectivity index (χ2v) is 3.47. The van der Waals surface area contributed by atoms with Gasteiger partial charge >= 0.3 is 11.9 Å². The summed E-state index contributed by atoms with van der Waals surface area (Å²) in [6, 6.07) is 1.18. The van der Waals surface area contributed by atoms with Gasteiger partial charge in [0.1, 0.15) is 11.3 Å². The van der Waals surface area contributed by atoms with E-state index in [-0.39, 0.29) is 12.4 Å². The van der Waals surface area contributed by atoms with E-state index >= 15 is 0 Å². The minimum Gasteiger partial charge on any atom is -0.496 e. The Morgan fingerprint density at radius 1 is 1.50 bits per heavy atom. The molecule has 0 fully saturated rings. The van der Waals surface area contributed by atoms with Crippen molar-refractivity contribution in [2.24, 2.45) is 7.05 Å². The first-order valence-electron chi connectivity index (χ1n) is 5.15. The Kier molecular flexibility index (Phi) is 4.05. The Morgan fingerprint density at radius 3 is 2.61 bits per heavy atom. The molecule has 0 unspecified atom stereocenters. The first-order chi connectivity index (χ1) is 8.36. The Bertz CT molecular complexity index is 510. The van der Waals surface area contributed by atoms with Crippen molar-refractivity contribution in [1.82, 2.24) is 4.57 Å². The molecule has 0 radical (unpaired) electrons. The van der Waals surface area contributed by atoms with Crippen LogP contribution in [-0.2, 0) is 22.5 Å². The smallest absolute Gasteiger partial charge is 0.382 e. The van der Waals surface area contributed by atoms with Crippen molar-refractivity contribution >= 4 is 5.97 Å². The number of aryl methyl sites for hydroxylation is 1. The maximum absolute atomic E-state index is 13.9. The van der Waals surface area contributed by atoms with Crippen LogP contribution in [-0.4, -0.2) is 24.3 Å². The number of esters is 1. The van der Waals surface area contributed by atoms with Crippen molar-refractivity contribution < 1.29 is 23.0 Å². The number of carbonyl (C=O) groups is 1. The van der Waals surface area contributed by atoms with Gasteiger partial charge in [-0.25, -0.2) is 4.79 Å². The summed E-state index contributed by atoms with van der Waals surface area (Å²) in [5.41, 5.74) is -2.03. The van der Waals surface area contributed by atoms with E-state index in [0.717, 1.165) is 11.7 Å². The summed E-state index contributed by atoms with van der Waals surface area (Å²) >= 11 is 0. The lowest BCUT2D eigenvalue weighted by Crippen LogP contribution is -2.36. The van der Waals surface area contributed by atoms with E-state index in [0.29, 0.717) is 0 Å². The van der Waals surface area contributed by atoms with Crippen LogP contribution in [0.3, 0.4) is 0 Å². The van der Waals surface area contributed by atoms with E-state index in [1.54, 1.807) is 0 Å². The predicted molar refractivity (Wildman–Crippen MR) is 58.8 cm³/mol. The van der Waals surface area contributed by atoms with Crippen LogP contribution in [0.1, 0.15) is 12.5 Å². The van der Waals surface area contributed by atoms with E-state index in [2.05, 4.69) is 4.74 Å². The molecule has 1 heterocycles. The van der Waals surface area contributed by atoms with E-state index < -0.39 is 23.0 Å².